The molecule has 128 valence electrons. The number of anilines is 1. The van der Waals surface area contributed by atoms with Crippen molar-refractivity contribution in [2.24, 2.45) is 0 Å². The van der Waals surface area contributed by atoms with Gasteiger partial charge in [0.2, 0.25) is 0 Å². The predicted molar refractivity (Wildman–Crippen MR) is 106 cm³/mol. The number of rotatable bonds is 6. The molecule has 0 amide bonds. The minimum Gasteiger partial charge on any atom is -0.489 e. The van der Waals surface area contributed by atoms with Crippen molar-refractivity contribution in [1.82, 2.24) is 0 Å². The van der Waals surface area contributed by atoms with E-state index in [0.29, 0.717) is 16.7 Å². The maximum atomic E-state index is 6.15. The highest BCUT2D eigenvalue weighted by Crippen LogP contribution is 2.23. The van der Waals surface area contributed by atoms with Gasteiger partial charge >= 0.3 is 0 Å². The van der Waals surface area contributed by atoms with Gasteiger partial charge in [-0.25, -0.2) is 0 Å². The van der Waals surface area contributed by atoms with Crippen molar-refractivity contribution in [3.05, 3.63) is 92.9 Å². The summed E-state index contributed by atoms with van der Waals surface area (Å²) in [5, 5.41) is 5.30. The molecule has 0 saturated heterocycles. The molecule has 0 radical (unpaired) electrons. The fourth-order valence-electron chi connectivity index (χ4n) is 2.28. The van der Waals surface area contributed by atoms with Crippen LogP contribution < -0.4 is 10.1 Å². The van der Waals surface area contributed by atoms with Gasteiger partial charge in [0.25, 0.3) is 0 Å². The van der Waals surface area contributed by atoms with E-state index >= 15 is 0 Å². The normalized spacial score (nSPS) is 10.5. The minimum absolute atomic E-state index is 0.401. The molecule has 0 unspecified atom stereocenters. The van der Waals surface area contributed by atoms with Gasteiger partial charge in [0.1, 0.15) is 12.4 Å². The van der Waals surface area contributed by atoms with Crippen LogP contribution in [0.15, 0.2) is 66.7 Å². The first-order chi connectivity index (χ1) is 12.1. The highest BCUT2D eigenvalue weighted by Gasteiger charge is 2.03. The number of hydrogen-bond donors (Lipinski definition) is 1. The van der Waals surface area contributed by atoms with E-state index in [-0.39, 0.29) is 0 Å². The Balaban J connectivity index is 1.54. The molecule has 5 heteroatoms. The molecular weight excluding hydrogens is 377 g/mol. The number of halogens is 3. The average molecular weight is 393 g/mol. The first-order valence-corrected chi connectivity index (χ1v) is 8.89. The van der Waals surface area contributed by atoms with Crippen molar-refractivity contribution in [3.63, 3.8) is 0 Å². The Morgan fingerprint density at radius 1 is 0.760 bits per heavy atom. The van der Waals surface area contributed by atoms with Gasteiger partial charge in [-0.1, -0.05) is 53.0 Å². The quantitative estimate of drug-likeness (QED) is 0.496. The van der Waals surface area contributed by atoms with Crippen molar-refractivity contribution in [1.29, 1.82) is 0 Å². The SMILES string of the molecule is Clc1ccc(NCc2ccc(OCc3ccc(Cl)cc3Cl)cc2)cc1. The minimum atomic E-state index is 0.401. The van der Waals surface area contributed by atoms with Crippen LogP contribution in [0.4, 0.5) is 5.69 Å². The first-order valence-electron chi connectivity index (χ1n) is 7.75. The second-order valence-electron chi connectivity index (χ2n) is 5.53. The van der Waals surface area contributed by atoms with E-state index in [2.05, 4.69) is 5.32 Å². The van der Waals surface area contributed by atoms with Crippen molar-refractivity contribution in [3.8, 4) is 5.75 Å². The van der Waals surface area contributed by atoms with Crippen molar-refractivity contribution >= 4 is 40.5 Å². The molecule has 0 spiro atoms. The second-order valence-corrected chi connectivity index (χ2v) is 6.81. The molecule has 0 bridgehead atoms. The summed E-state index contributed by atoms with van der Waals surface area (Å²) in [4.78, 5) is 0. The summed E-state index contributed by atoms with van der Waals surface area (Å²) in [6, 6.07) is 21.0. The third-order valence-corrected chi connectivity index (χ3v) is 4.51. The number of ether oxygens (including phenoxy) is 1. The lowest BCUT2D eigenvalue weighted by molar-refractivity contribution is 0.306. The molecular formula is C20H16Cl3NO. The number of benzene rings is 3. The molecule has 0 aliphatic heterocycles. The van der Waals surface area contributed by atoms with Gasteiger partial charge in [-0.2, -0.15) is 0 Å². The second kappa shape index (κ2) is 8.48. The molecule has 0 aliphatic rings. The van der Waals surface area contributed by atoms with Gasteiger partial charge in [0.05, 0.1) is 0 Å². The summed E-state index contributed by atoms with van der Waals surface area (Å²) in [6.45, 7) is 1.13. The maximum Gasteiger partial charge on any atom is 0.119 e. The third-order valence-electron chi connectivity index (χ3n) is 3.67. The van der Waals surface area contributed by atoms with E-state index in [1.807, 2.05) is 54.6 Å². The lowest BCUT2D eigenvalue weighted by Gasteiger charge is -2.10. The molecule has 3 aromatic rings. The summed E-state index contributed by atoms with van der Waals surface area (Å²) < 4.78 is 5.78. The van der Waals surface area contributed by atoms with Gasteiger partial charge < -0.3 is 10.1 Å². The topological polar surface area (TPSA) is 21.3 Å². The predicted octanol–water partition coefficient (Wildman–Crippen LogP) is 6.84. The van der Waals surface area contributed by atoms with Crippen LogP contribution in [0.2, 0.25) is 15.1 Å². The van der Waals surface area contributed by atoms with Gasteiger partial charge in [-0.05, 0) is 54.1 Å². The Bertz CT molecular complexity index is 833. The molecule has 25 heavy (non-hydrogen) atoms. The summed E-state index contributed by atoms with van der Waals surface area (Å²) in [6.07, 6.45) is 0. The van der Waals surface area contributed by atoms with Crippen molar-refractivity contribution in [2.45, 2.75) is 13.2 Å². The third kappa shape index (κ3) is 5.30. The Labute approximate surface area is 162 Å². The number of hydrogen-bond acceptors (Lipinski definition) is 2. The van der Waals surface area contributed by atoms with Crippen LogP contribution in [0.3, 0.4) is 0 Å². The highest BCUT2D eigenvalue weighted by molar-refractivity contribution is 6.35. The zero-order chi connectivity index (χ0) is 17.6. The molecule has 0 atom stereocenters. The van der Waals surface area contributed by atoms with E-state index in [9.17, 15) is 0 Å². The van der Waals surface area contributed by atoms with Crippen molar-refractivity contribution in [2.75, 3.05) is 5.32 Å². The summed E-state index contributed by atoms with van der Waals surface area (Å²) >= 11 is 17.9. The Morgan fingerprint density at radius 2 is 1.44 bits per heavy atom. The summed E-state index contributed by atoms with van der Waals surface area (Å²) in [5.74, 6) is 0.793. The van der Waals surface area contributed by atoms with Crippen LogP contribution in [-0.4, -0.2) is 0 Å². The fourth-order valence-corrected chi connectivity index (χ4v) is 2.86. The fraction of sp³-hybridized carbons (Fsp3) is 0.100. The molecule has 2 nitrogen and oxygen atoms in total. The average Bonchev–Trinajstić information content (AvgIpc) is 2.61. The van der Waals surface area contributed by atoms with Crippen LogP contribution in [0, 0.1) is 0 Å². The molecule has 0 heterocycles. The van der Waals surface area contributed by atoms with Crippen LogP contribution in [0.25, 0.3) is 0 Å². The molecule has 3 aromatic carbocycles. The lowest BCUT2D eigenvalue weighted by atomic mass is 10.2. The zero-order valence-electron chi connectivity index (χ0n) is 13.3. The summed E-state index contributed by atoms with van der Waals surface area (Å²) in [5.41, 5.74) is 3.09. The molecule has 0 fully saturated rings. The molecule has 0 saturated carbocycles. The largest absolute Gasteiger partial charge is 0.489 e. The standard InChI is InChI=1S/C20H16Cl3NO/c21-16-5-7-18(8-6-16)24-12-14-1-9-19(10-2-14)25-13-15-3-4-17(22)11-20(15)23/h1-11,24H,12-13H2. The molecule has 3 rings (SSSR count). The molecule has 0 aromatic heterocycles. The van der Waals surface area contributed by atoms with E-state index in [1.54, 1.807) is 12.1 Å². The van der Waals surface area contributed by atoms with Crippen molar-refractivity contribution < 1.29 is 4.74 Å². The zero-order valence-corrected chi connectivity index (χ0v) is 15.6. The number of nitrogens with one attached hydrogen (secondary N) is 1. The van der Waals surface area contributed by atoms with E-state index in [1.165, 1.54) is 0 Å². The molecule has 0 aliphatic carbocycles. The summed E-state index contributed by atoms with van der Waals surface area (Å²) in [7, 11) is 0. The lowest BCUT2D eigenvalue weighted by Crippen LogP contribution is -2.00. The Hall–Kier alpha value is -1.87. The first kappa shape index (κ1) is 17.9. The van der Waals surface area contributed by atoms with Crippen LogP contribution >= 0.6 is 34.8 Å². The Morgan fingerprint density at radius 3 is 2.12 bits per heavy atom. The van der Waals surface area contributed by atoms with Crippen LogP contribution in [0.1, 0.15) is 11.1 Å². The Kier molecular flexibility index (Phi) is 6.09. The van der Waals surface area contributed by atoms with E-state index < -0.39 is 0 Å². The monoisotopic (exact) mass is 391 g/mol. The van der Waals surface area contributed by atoms with Crippen LogP contribution in [-0.2, 0) is 13.2 Å². The van der Waals surface area contributed by atoms with E-state index in [0.717, 1.165) is 34.1 Å². The molecule has 1 N–H and O–H groups in total. The smallest absolute Gasteiger partial charge is 0.119 e. The van der Waals surface area contributed by atoms with Gasteiger partial charge in [-0.15, -0.1) is 0 Å². The maximum absolute atomic E-state index is 6.15. The van der Waals surface area contributed by atoms with E-state index in [4.69, 9.17) is 39.5 Å². The van der Waals surface area contributed by atoms with Crippen LogP contribution in [0.5, 0.6) is 5.75 Å². The van der Waals surface area contributed by atoms with Gasteiger partial charge in [-0.3, -0.25) is 0 Å². The highest BCUT2D eigenvalue weighted by atomic mass is 35.5. The van der Waals surface area contributed by atoms with Gasteiger partial charge in [0, 0.05) is 32.9 Å². The van der Waals surface area contributed by atoms with Gasteiger partial charge in [0.15, 0.2) is 0 Å².